The van der Waals surface area contributed by atoms with E-state index >= 15 is 0 Å². The highest BCUT2D eigenvalue weighted by Crippen LogP contribution is 2.57. The third kappa shape index (κ3) is 1.23. The average molecular weight is 236 g/mol. The van der Waals surface area contributed by atoms with Gasteiger partial charge in [0.15, 0.2) is 5.60 Å². The Hall–Kier alpha value is -1.59. The van der Waals surface area contributed by atoms with Crippen molar-refractivity contribution in [1.29, 1.82) is 0 Å². The lowest BCUT2D eigenvalue weighted by Crippen LogP contribution is -2.60. The summed E-state index contributed by atoms with van der Waals surface area (Å²) >= 11 is 0. The lowest BCUT2D eigenvalue weighted by molar-refractivity contribution is -0.587. The molecule has 0 bridgehead atoms. The van der Waals surface area contributed by atoms with E-state index in [1.54, 1.807) is 18.2 Å². The fourth-order valence-electron chi connectivity index (χ4n) is 2.10. The zero-order valence-corrected chi connectivity index (χ0v) is 9.77. The van der Waals surface area contributed by atoms with Crippen molar-refractivity contribution in [2.24, 2.45) is 0 Å². The minimum Gasteiger partial charge on any atom is -0.456 e. The molecule has 1 fully saturated rings. The Morgan fingerprint density at radius 2 is 2.06 bits per heavy atom. The van der Waals surface area contributed by atoms with Gasteiger partial charge in [0.25, 0.3) is 5.79 Å². The van der Waals surface area contributed by atoms with Gasteiger partial charge in [-0.05, 0) is 25.1 Å². The summed E-state index contributed by atoms with van der Waals surface area (Å²) in [5.74, 6) is -0.00346. The third-order valence-corrected chi connectivity index (χ3v) is 3.27. The summed E-state index contributed by atoms with van der Waals surface area (Å²) in [6.07, 6.45) is 0. The smallest absolute Gasteiger partial charge is 0.308 e. The maximum atomic E-state index is 10.9. The van der Waals surface area contributed by atoms with Crippen LogP contribution < -0.4 is 9.47 Å². The van der Waals surface area contributed by atoms with Crippen molar-refractivity contribution in [1.82, 2.24) is 0 Å². The van der Waals surface area contributed by atoms with Crippen molar-refractivity contribution >= 4 is 5.97 Å². The Morgan fingerprint density at radius 3 is 2.65 bits per heavy atom. The number of carbonyl (C=O) groups excluding carboxylic acids is 1. The summed E-state index contributed by atoms with van der Waals surface area (Å²) in [7, 11) is 0. The van der Waals surface area contributed by atoms with Gasteiger partial charge in [-0.2, -0.15) is 4.89 Å². The highest BCUT2D eigenvalue weighted by Gasteiger charge is 2.67. The van der Waals surface area contributed by atoms with E-state index in [9.17, 15) is 4.79 Å². The van der Waals surface area contributed by atoms with Gasteiger partial charge in [-0.15, -0.1) is 0 Å². The van der Waals surface area contributed by atoms with Gasteiger partial charge in [-0.25, -0.2) is 4.89 Å². The van der Waals surface area contributed by atoms with Crippen LogP contribution in [0.4, 0.5) is 0 Å². The number of fused-ring (bicyclic) bond motifs is 3. The first-order valence-electron chi connectivity index (χ1n) is 5.33. The number of hydrogen-bond donors (Lipinski definition) is 0. The number of rotatable bonds is 1. The normalized spacial score (nSPS) is 33.1. The minimum absolute atomic E-state index is 0.359. The van der Waals surface area contributed by atoms with E-state index in [4.69, 9.17) is 19.2 Å². The second kappa shape index (κ2) is 3.00. The highest BCUT2D eigenvalue weighted by atomic mass is 17.3. The molecule has 0 radical (unpaired) electrons. The molecule has 2 unspecified atom stereocenters. The Kier molecular flexibility index (Phi) is 1.86. The molecule has 0 aliphatic carbocycles. The van der Waals surface area contributed by atoms with Gasteiger partial charge in [0.05, 0.1) is 0 Å². The molecule has 0 amide bonds. The van der Waals surface area contributed by atoms with Crippen LogP contribution >= 0.6 is 0 Å². The lowest BCUT2D eigenvalue weighted by atomic mass is 9.89. The molecular weight excluding hydrogens is 224 g/mol. The Labute approximate surface area is 98.2 Å². The molecule has 2 heterocycles. The van der Waals surface area contributed by atoms with Crippen molar-refractivity contribution in [2.75, 3.05) is 0 Å². The maximum absolute atomic E-state index is 10.9. The fraction of sp³-hybridized carbons (Fsp3) is 0.417. The van der Waals surface area contributed by atoms with E-state index in [0.29, 0.717) is 11.5 Å². The summed E-state index contributed by atoms with van der Waals surface area (Å²) < 4.78 is 10.7. The van der Waals surface area contributed by atoms with E-state index in [-0.39, 0.29) is 5.97 Å². The largest absolute Gasteiger partial charge is 0.456 e. The number of esters is 1. The van der Waals surface area contributed by atoms with E-state index in [2.05, 4.69) is 0 Å². The molecule has 1 saturated heterocycles. The zero-order valence-electron chi connectivity index (χ0n) is 9.77. The summed E-state index contributed by atoms with van der Waals surface area (Å²) in [5, 5.41) is 0. The van der Waals surface area contributed by atoms with Crippen LogP contribution in [0.1, 0.15) is 26.3 Å². The number of hydrogen-bond acceptors (Lipinski definition) is 5. The van der Waals surface area contributed by atoms with Crippen LogP contribution in [0.5, 0.6) is 11.5 Å². The number of ether oxygens (including phenoxy) is 2. The first-order valence-corrected chi connectivity index (χ1v) is 5.33. The van der Waals surface area contributed by atoms with E-state index in [1.807, 2.05) is 13.8 Å². The molecule has 0 N–H and O–H groups in total. The third-order valence-electron chi connectivity index (χ3n) is 3.27. The van der Waals surface area contributed by atoms with Crippen LogP contribution in [0.2, 0.25) is 0 Å². The summed E-state index contributed by atoms with van der Waals surface area (Å²) in [5.41, 5.74) is 0.170. The van der Waals surface area contributed by atoms with E-state index in [1.165, 1.54) is 6.92 Å². The topological polar surface area (TPSA) is 54.0 Å². The second-order valence-corrected chi connectivity index (χ2v) is 4.50. The standard InChI is InChI=1S/C12H12O5/c1-7(13)14-8-4-5-10-9(6-8)11(2)12(3,15-10)17-16-11/h4-6H,1-3H3. The molecule has 2 aliphatic heterocycles. The second-order valence-electron chi connectivity index (χ2n) is 4.50. The molecule has 2 atom stereocenters. The zero-order chi connectivity index (χ0) is 12.3. The van der Waals surface area contributed by atoms with Crippen LogP contribution in [0.15, 0.2) is 18.2 Å². The first-order chi connectivity index (χ1) is 7.95. The Balaban J connectivity index is 2.03. The molecule has 90 valence electrons. The van der Waals surface area contributed by atoms with Gasteiger partial charge < -0.3 is 9.47 Å². The van der Waals surface area contributed by atoms with E-state index in [0.717, 1.165) is 5.56 Å². The molecule has 2 aliphatic rings. The van der Waals surface area contributed by atoms with Gasteiger partial charge in [-0.1, -0.05) is 0 Å². The molecule has 1 aromatic carbocycles. The number of benzene rings is 1. The van der Waals surface area contributed by atoms with Gasteiger partial charge in [0, 0.05) is 19.4 Å². The molecule has 1 aromatic rings. The molecule has 17 heavy (non-hydrogen) atoms. The van der Waals surface area contributed by atoms with Crippen LogP contribution in [-0.4, -0.2) is 11.8 Å². The van der Waals surface area contributed by atoms with Gasteiger partial charge in [0.1, 0.15) is 11.5 Å². The molecule has 3 rings (SSSR count). The van der Waals surface area contributed by atoms with Gasteiger partial charge >= 0.3 is 5.97 Å². The van der Waals surface area contributed by atoms with Crippen molar-refractivity contribution in [3.63, 3.8) is 0 Å². The molecular formula is C12H12O5. The van der Waals surface area contributed by atoms with Crippen molar-refractivity contribution in [2.45, 2.75) is 32.2 Å². The molecule has 0 aromatic heterocycles. The first kappa shape index (κ1) is 10.6. The summed E-state index contributed by atoms with van der Waals surface area (Å²) in [6, 6.07) is 5.16. The quantitative estimate of drug-likeness (QED) is 0.423. The van der Waals surface area contributed by atoms with Crippen molar-refractivity contribution < 1.29 is 24.0 Å². The summed E-state index contributed by atoms with van der Waals surface area (Å²) in [6.45, 7) is 5.04. The van der Waals surface area contributed by atoms with Gasteiger partial charge in [0.2, 0.25) is 0 Å². The van der Waals surface area contributed by atoms with E-state index < -0.39 is 11.4 Å². The Bertz CT molecular complexity index is 512. The SMILES string of the molecule is CC(=O)Oc1ccc2c(c1)C1(C)OOC1(C)O2. The van der Waals surface area contributed by atoms with Crippen molar-refractivity contribution in [3.05, 3.63) is 23.8 Å². The summed E-state index contributed by atoms with van der Waals surface area (Å²) in [4.78, 5) is 21.1. The lowest BCUT2D eigenvalue weighted by Gasteiger charge is -2.45. The van der Waals surface area contributed by atoms with Crippen LogP contribution in [0, 0.1) is 0 Å². The number of carbonyl (C=O) groups is 1. The molecule has 5 nitrogen and oxygen atoms in total. The highest BCUT2D eigenvalue weighted by molar-refractivity contribution is 5.69. The van der Waals surface area contributed by atoms with Crippen LogP contribution in [-0.2, 0) is 20.2 Å². The predicted octanol–water partition coefficient (Wildman–Crippen LogP) is 1.90. The Morgan fingerprint density at radius 1 is 1.29 bits per heavy atom. The molecule has 5 heteroatoms. The van der Waals surface area contributed by atoms with Crippen LogP contribution in [0.25, 0.3) is 0 Å². The minimum atomic E-state index is -0.801. The maximum Gasteiger partial charge on any atom is 0.308 e. The van der Waals surface area contributed by atoms with Gasteiger partial charge in [-0.3, -0.25) is 4.79 Å². The van der Waals surface area contributed by atoms with Crippen LogP contribution in [0.3, 0.4) is 0 Å². The van der Waals surface area contributed by atoms with Crippen molar-refractivity contribution in [3.8, 4) is 11.5 Å². The monoisotopic (exact) mass is 236 g/mol. The molecule has 0 saturated carbocycles. The average Bonchev–Trinajstić information content (AvgIpc) is 2.40. The predicted molar refractivity (Wildman–Crippen MR) is 56.3 cm³/mol. The fourth-order valence-corrected chi connectivity index (χ4v) is 2.10. The molecule has 0 spiro atoms.